The molecule has 0 saturated carbocycles. The molecule has 3 rings (SSSR count). The second kappa shape index (κ2) is 6.32. The van der Waals surface area contributed by atoms with Gasteiger partial charge in [-0.2, -0.15) is 5.10 Å². The first-order valence-electron chi connectivity index (χ1n) is 6.82. The van der Waals surface area contributed by atoms with Crippen molar-refractivity contribution in [2.24, 2.45) is 0 Å². The maximum Gasteiger partial charge on any atom is 0.137 e. The van der Waals surface area contributed by atoms with Crippen molar-refractivity contribution in [2.45, 2.75) is 26.1 Å². The molecule has 0 aliphatic heterocycles. The van der Waals surface area contributed by atoms with Crippen LogP contribution in [0.3, 0.4) is 0 Å². The highest BCUT2D eigenvalue weighted by atomic mass is 79.9. The van der Waals surface area contributed by atoms with E-state index in [2.05, 4.69) is 61.4 Å². The van der Waals surface area contributed by atoms with Gasteiger partial charge in [0.25, 0.3) is 0 Å². The van der Waals surface area contributed by atoms with Gasteiger partial charge in [0.2, 0.25) is 0 Å². The molecule has 0 radical (unpaired) electrons. The summed E-state index contributed by atoms with van der Waals surface area (Å²) in [6, 6.07) is 8.51. The van der Waals surface area contributed by atoms with E-state index in [1.165, 1.54) is 5.56 Å². The van der Waals surface area contributed by atoms with E-state index in [1.807, 2.05) is 16.9 Å². The number of aromatic nitrogens is 4. The summed E-state index contributed by atoms with van der Waals surface area (Å²) in [6.45, 7) is 3.70. The Kier molecular flexibility index (Phi) is 4.26. The average Bonchev–Trinajstić information content (AvgIpc) is 3.00. The molecule has 5 nitrogen and oxygen atoms in total. The summed E-state index contributed by atoms with van der Waals surface area (Å²) >= 11 is 3.57. The van der Waals surface area contributed by atoms with Crippen molar-refractivity contribution < 1.29 is 0 Å². The SMILES string of the molecule is CC(Cn1cncn1)NCc1ccc(Br)c2cccnc12. The van der Waals surface area contributed by atoms with Crippen molar-refractivity contribution in [3.05, 3.63) is 53.2 Å². The highest BCUT2D eigenvalue weighted by Gasteiger charge is 2.08. The van der Waals surface area contributed by atoms with Gasteiger partial charge in [0.05, 0.1) is 12.1 Å². The van der Waals surface area contributed by atoms with Crippen molar-refractivity contribution in [3.8, 4) is 0 Å². The normalized spacial score (nSPS) is 12.7. The molecule has 0 bridgehead atoms. The zero-order valence-corrected chi connectivity index (χ0v) is 13.3. The number of nitrogens with one attached hydrogen (secondary N) is 1. The first-order chi connectivity index (χ1) is 10.2. The fraction of sp³-hybridized carbons (Fsp3) is 0.267. The van der Waals surface area contributed by atoms with Gasteiger partial charge >= 0.3 is 0 Å². The Morgan fingerprint density at radius 2 is 2.24 bits per heavy atom. The van der Waals surface area contributed by atoms with Gasteiger partial charge < -0.3 is 5.32 Å². The number of rotatable bonds is 5. The van der Waals surface area contributed by atoms with Gasteiger partial charge in [0, 0.05) is 28.6 Å². The predicted molar refractivity (Wildman–Crippen MR) is 85.8 cm³/mol. The van der Waals surface area contributed by atoms with E-state index in [4.69, 9.17) is 0 Å². The number of hydrogen-bond acceptors (Lipinski definition) is 4. The smallest absolute Gasteiger partial charge is 0.137 e. The molecule has 0 fully saturated rings. The van der Waals surface area contributed by atoms with Gasteiger partial charge in [-0.1, -0.05) is 28.1 Å². The first-order valence-corrected chi connectivity index (χ1v) is 7.61. The quantitative estimate of drug-likeness (QED) is 0.772. The van der Waals surface area contributed by atoms with Crippen LogP contribution >= 0.6 is 15.9 Å². The van der Waals surface area contributed by atoms with E-state index in [9.17, 15) is 0 Å². The molecule has 3 aromatic rings. The third kappa shape index (κ3) is 3.28. The van der Waals surface area contributed by atoms with Crippen molar-refractivity contribution in [1.82, 2.24) is 25.1 Å². The van der Waals surface area contributed by atoms with Crippen LogP contribution in [0.1, 0.15) is 12.5 Å². The topological polar surface area (TPSA) is 55.6 Å². The number of fused-ring (bicyclic) bond motifs is 1. The van der Waals surface area contributed by atoms with Gasteiger partial charge in [-0.3, -0.25) is 9.67 Å². The van der Waals surface area contributed by atoms with Crippen molar-refractivity contribution in [1.29, 1.82) is 0 Å². The van der Waals surface area contributed by atoms with Gasteiger partial charge in [-0.15, -0.1) is 0 Å². The fourth-order valence-corrected chi connectivity index (χ4v) is 2.75. The Labute approximate surface area is 131 Å². The Balaban J connectivity index is 1.72. The Morgan fingerprint density at radius 1 is 1.33 bits per heavy atom. The number of halogens is 1. The summed E-state index contributed by atoms with van der Waals surface area (Å²) in [5, 5.41) is 8.76. The molecule has 0 saturated heterocycles. The molecule has 21 heavy (non-hydrogen) atoms. The Morgan fingerprint density at radius 3 is 3.05 bits per heavy atom. The molecule has 0 aliphatic carbocycles. The molecule has 6 heteroatoms. The van der Waals surface area contributed by atoms with Gasteiger partial charge in [0.1, 0.15) is 12.7 Å². The van der Waals surface area contributed by atoms with E-state index in [-0.39, 0.29) is 0 Å². The third-order valence-electron chi connectivity index (χ3n) is 3.37. The van der Waals surface area contributed by atoms with Gasteiger partial charge in [-0.25, -0.2) is 4.98 Å². The zero-order chi connectivity index (χ0) is 14.7. The van der Waals surface area contributed by atoms with E-state index in [1.54, 1.807) is 12.7 Å². The lowest BCUT2D eigenvalue weighted by molar-refractivity contribution is 0.450. The van der Waals surface area contributed by atoms with Crippen LogP contribution in [0, 0.1) is 0 Å². The lowest BCUT2D eigenvalue weighted by atomic mass is 10.1. The molecular formula is C15H16BrN5. The Bertz CT molecular complexity index is 726. The van der Waals surface area contributed by atoms with Crippen LogP contribution in [-0.4, -0.2) is 25.8 Å². The zero-order valence-electron chi connectivity index (χ0n) is 11.7. The monoisotopic (exact) mass is 345 g/mol. The fourth-order valence-electron chi connectivity index (χ4n) is 2.30. The van der Waals surface area contributed by atoms with Crippen molar-refractivity contribution >= 4 is 26.8 Å². The summed E-state index contributed by atoms with van der Waals surface area (Å²) in [4.78, 5) is 8.45. The third-order valence-corrected chi connectivity index (χ3v) is 4.06. The maximum atomic E-state index is 4.50. The van der Waals surface area contributed by atoms with E-state index < -0.39 is 0 Å². The van der Waals surface area contributed by atoms with E-state index in [0.717, 1.165) is 28.5 Å². The van der Waals surface area contributed by atoms with Crippen molar-refractivity contribution in [3.63, 3.8) is 0 Å². The van der Waals surface area contributed by atoms with Crippen LogP contribution in [-0.2, 0) is 13.1 Å². The molecule has 0 amide bonds. The molecule has 2 heterocycles. The number of benzene rings is 1. The van der Waals surface area contributed by atoms with Crippen LogP contribution in [0.2, 0.25) is 0 Å². The predicted octanol–water partition coefficient (Wildman–Crippen LogP) is 2.77. The standard InChI is InChI=1S/C15H16BrN5/c1-11(8-21-10-17-9-20-21)19-7-12-4-5-14(16)13-3-2-6-18-15(12)13/h2-6,9-11,19H,7-8H2,1H3. The lowest BCUT2D eigenvalue weighted by Crippen LogP contribution is -2.30. The maximum absolute atomic E-state index is 4.50. The average molecular weight is 346 g/mol. The minimum absolute atomic E-state index is 0.300. The summed E-state index contributed by atoms with van der Waals surface area (Å²) in [7, 11) is 0. The molecule has 1 N–H and O–H groups in total. The van der Waals surface area contributed by atoms with Crippen LogP contribution in [0.4, 0.5) is 0 Å². The van der Waals surface area contributed by atoms with Crippen LogP contribution < -0.4 is 5.32 Å². The highest BCUT2D eigenvalue weighted by Crippen LogP contribution is 2.25. The molecule has 1 atom stereocenters. The molecule has 0 spiro atoms. The molecule has 1 aromatic carbocycles. The summed E-state index contributed by atoms with van der Waals surface area (Å²) < 4.78 is 2.90. The van der Waals surface area contributed by atoms with Crippen LogP contribution in [0.15, 0.2) is 47.6 Å². The number of nitrogens with zero attached hydrogens (tertiary/aromatic N) is 4. The minimum Gasteiger partial charge on any atom is -0.308 e. The number of pyridine rings is 1. The summed E-state index contributed by atoms with van der Waals surface area (Å²) in [5.74, 6) is 0. The molecule has 0 aliphatic rings. The van der Waals surface area contributed by atoms with Gasteiger partial charge in [-0.05, 0) is 24.6 Å². The first kappa shape index (κ1) is 14.2. The molecule has 1 unspecified atom stereocenters. The van der Waals surface area contributed by atoms with Crippen LogP contribution in [0.5, 0.6) is 0 Å². The Hall–Kier alpha value is -1.79. The minimum atomic E-state index is 0.300. The molecule has 108 valence electrons. The van der Waals surface area contributed by atoms with E-state index >= 15 is 0 Å². The number of hydrogen-bond donors (Lipinski definition) is 1. The van der Waals surface area contributed by atoms with Crippen LogP contribution in [0.25, 0.3) is 10.9 Å². The lowest BCUT2D eigenvalue weighted by Gasteiger charge is -2.14. The highest BCUT2D eigenvalue weighted by molar-refractivity contribution is 9.10. The van der Waals surface area contributed by atoms with E-state index in [0.29, 0.717) is 6.04 Å². The van der Waals surface area contributed by atoms with Gasteiger partial charge in [0.15, 0.2) is 0 Å². The summed E-state index contributed by atoms with van der Waals surface area (Å²) in [5.41, 5.74) is 2.23. The second-order valence-corrected chi connectivity index (χ2v) is 5.86. The summed E-state index contributed by atoms with van der Waals surface area (Å²) in [6.07, 6.45) is 5.12. The second-order valence-electron chi connectivity index (χ2n) is 5.01. The molecule has 2 aromatic heterocycles. The molecular weight excluding hydrogens is 330 g/mol. The van der Waals surface area contributed by atoms with Crippen molar-refractivity contribution in [2.75, 3.05) is 0 Å². The largest absolute Gasteiger partial charge is 0.308 e.